The van der Waals surface area contributed by atoms with Crippen LogP contribution in [0.2, 0.25) is 0 Å². The van der Waals surface area contributed by atoms with Crippen molar-refractivity contribution < 1.29 is 14.4 Å². The van der Waals surface area contributed by atoms with E-state index in [9.17, 15) is 4.79 Å². The highest BCUT2D eigenvalue weighted by atomic mass is 16.5. The van der Waals surface area contributed by atoms with Crippen molar-refractivity contribution in [1.82, 2.24) is 24.9 Å². The lowest BCUT2D eigenvalue weighted by Crippen LogP contribution is -2.46. The summed E-state index contributed by atoms with van der Waals surface area (Å²) < 4.78 is 5.45. The molecule has 0 spiro atoms. The van der Waals surface area contributed by atoms with E-state index in [0.29, 0.717) is 37.4 Å². The summed E-state index contributed by atoms with van der Waals surface area (Å²) in [7, 11) is 0. The number of aromatic nitrogens is 3. The number of likely N-dealkylation sites (tertiary alicyclic amines) is 1. The Bertz CT molecular complexity index is 698. The Kier molecular flexibility index (Phi) is 6.17. The topological polar surface area (TPSA) is 95.6 Å². The van der Waals surface area contributed by atoms with Crippen molar-refractivity contribution in [2.24, 2.45) is 0 Å². The van der Waals surface area contributed by atoms with Gasteiger partial charge in [0.2, 0.25) is 11.7 Å². The number of carbonyl (C=O) groups is 1. The van der Waals surface area contributed by atoms with Gasteiger partial charge >= 0.3 is 6.09 Å². The molecule has 1 aliphatic rings. The second kappa shape index (κ2) is 8.75. The summed E-state index contributed by atoms with van der Waals surface area (Å²) in [5.41, 5.74) is 0.880. The van der Waals surface area contributed by atoms with E-state index >= 15 is 0 Å². The molecule has 3 rings (SSSR count). The van der Waals surface area contributed by atoms with Gasteiger partial charge in [0.15, 0.2) is 0 Å². The lowest BCUT2D eigenvalue weighted by molar-refractivity contribution is 0.0843. The van der Waals surface area contributed by atoms with Gasteiger partial charge in [0.05, 0.1) is 6.54 Å². The van der Waals surface area contributed by atoms with Crippen LogP contribution >= 0.6 is 0 Å². The fourth-order valence-corrected chi connectivity index (χ4v) is 3.29. The number of rotatable bonds is 7. The highest BCUT2D eigenvalue weighted by molar-refractivity contribution is 5.65. The van der Waals surface area contributed by atoms with Crippen LogP contribution in [0.1, 0.15) is 38.5 Å². The maximum atomic E-state index is 11.1. The number of pyridine rings is 1. The van der Waals surface area contributed by atoms with E-state index in [4.69, 9.17) is 9.63 Å². The molecule has 0 saturated carbocycles. The third-order valence-corrected chi connectivity index (χ3v) is 4.80. The van der Waals surface area contributed by atoms with Gasteiger partial charge in [-0.15, -0.1) is 0 Å². The predicted octanol–water partition coefficient (Wildman–Crippen LogP) is 2.88. The number of carboxylic acid groups (broad SMARTS) is 1. The lowest BCUT2D eigenvalue weighted by Gasteiger charge is -2.37. The van der Waals surface area contributed by atoms with Crippen LogP contribution in [-0.4, -0.2) is 61.8 Å². The highest BCUT2D eigenvalue weighted by Crippen LogP contribution is 2.21. The summed E-state index contributed by atoms with van der Waals surface area (Å²) in [6, 6.07) is 4.05. The molecule has 2 aromatic heterocycles. The number of piperidine rings is 1. The fraction of sp³-hybridized carbons (Fsp3) is 0.556. The van der Waals surface area contributed by atoms with Crippen molar-refractivity contribution >= 4 is 6.09 Å². The molecule has 0 radical (unpaired) electrons. The molecule has 8 heteroatoms. The van der Waals surface area contributed by atoms with Crippen molar-refractivity contribution in [1.29, 1.82) is 0 Å². The van der Waals surface area contributed by atoms with E-state index < -0.39 is 6.09 Å². The normalized spacial score (nSPS) is 15.5. The van der Waals surface area contributed by atoms with Crippen molar-refractivity contribution in [2.75, 3.05) is 19.6 Å². The van der Waals surface area contributed by atoms with E-state index in [1.165, 1.54) is 4.90 Å². The Morgan fingerprint density at radius 1 is 1.35 bits per heavy atom. The second-order valence-corrected chi connectivity index (χ2v) is 6.57. The van der Waals surface area contributed by atoms with Gasteiger partial charge in [-0.1, -0.05) is 18.5 Å². The average molecular weight is 359 g/mol. The molecule has 0 bridgehead atoms. The molecular formula is C18H25N5O3. The SMILES string of the molecule is CCCCN(Cc1nc(-c2ccncc2)no1)C1CCN(C(=O)O)CC1. The van der Waals surface area contributed by atoms with Crippen molar-refractivity contribution in [3.05, 3.63) is 30.4 Å². The molecule has 0 aromatic carbocycles. The largest absolute Gasteiger partial charge is 0.465 e. The zero-order valence-corrected chi connectivity index (χ0v) is 15.0. The van der Waals surface area contributed by atoms with Crippen molar-refractivity contribution in [2.45, 2.75) is 45.2 Å². The lowest BCUT2D eigenvalue weighted by atomic mass is 10.0. The quantitative estimate of drug-likeness (QED) is 0.812. The Balaban J connectivity index is 1.65. The van der Waals surface area contributed by atoms with Crippen LogP contribution < -0.4 is 0 Å². The first-order valence-electron chi connectivity index (χ1n) is 9.12. The number of nitrogens with zero attached hydrogens (tertiary/aromatic N) is 5. The van der Waals surface area contributed by atoms with Gasteiger partial charge in [0.1, 0.15) is 0 Å². The van der Waals surface area contributed by atoms with Crippen LogP contribution in [0.25, 0.3) is 11.4 Å². The van der Waals surface area contributed by atoms with Crippen molar-refractivity contribution in [3.63, 3.8) is 0 Å². The predicted molar refractivity (Wildman–Crippen MR) is 95.5 cm³/mol. The van der Waals surface area contributed by atoms with E-state index in [1.807, 2.05) is 12.1 Å². The third kappa shape index (κ3) is 4.57. The fourth-order valence-electron chi connectivity index (χ4n) is 3.29. The molecule has 0 aliphatic carbocycles. The maximum Gasteiger partial charge on any atom is 0.407 e. The molecule has 1 N–H and O–H groups in total. The molecule has 26 heavy (non-hydrogen) atoms. The van der Waals surface area contributed by atoms with Crippen LogP contribution in [0, 0.1) is 0 Å². The van der Waals surface area contributed by atoms with Gasteiger partial charge in [0, 0.05) is 37.1 Å². The smallest absolute Gasteiger partial charge is 0.407 e. The minimum absolute atomic E-state index is 0.341. The number of unbranched alkanes of at least 4 members (excludes halogenated alkanes) is 1. The second-order valence-electron chi connectivity index (χ2n) is 6.57. The van der Waals surface area contributed by atoms with Gasteiger partial charge in [-0.3, -0.25) is 9.88 Å². The van der Waals surface area contributed by atoms with Gasteiger partial charge < -0.3 is 14.5 Å². The molecule has 3 heterocycles. The third-order valence-electron chi connectivity index (χ3n) is 4.80. The number of amides is 1. The molecule has 0 atom stereocenters. The number of hydrogen-bond donors (Lipinski definition) is 1. The minimum atomic E-state index is -0.831. The highest BCUT2D eigenvalue weighted by Gasteiger charge is 2.27. The summed E-state index contributed by atoms with van der Waals surface area (Å²) in [6.45, 7) is 4.86. The van der Waals surface area contributed by atoms with E-state index in [-0.39, 0.29) is 0 Å². The Morgan fingerprint density at radius 3 is 2.73 bits per heavy atom. The molecule has 140 valence electrons. The van der Waals surface area contributed by atoms with Crippen LogP contribution in [-0.2, 0) is 6.54 Å². The van der Waals surface area contributed by atoms with Gasteiger partial charge in [-0.25, -0.2) is 4.79 Å². The first kappa shape index (κ1) is 18.3. The summed E-state index contributed by atoms with van der Waals surface area (Å²) >= 11 is 0. The molecule has 2 aromatic rings. The Labute approximate surface area is 152 Å². The van der Waals surface area contributed by atoms with Crippen molar-refractivity contribution in [3.8, 4) is 11.4 Å². The van der Waals surface area contributed by atoms with Gasteiger partial charge in [-0.2, -0.15) is 4.98 Å². The number of hydrogen-bond acceptors (Lipinski definition) is 6. The maximum absolute atomic E-state index is 11.1. The molecule has 1 fully saturated rings. The molecule has 1 saturated heterocycles. The Morgan fingerprint density at radius 2 is 2.08 bits per heavy atom. The van der Waals surface area contributed by atoms with Crippen LogP contribution in [0.5, 0.6) is 0 Å². The first-order valence-corrected chi connectivity index (χ1v) is 9.12. The monoisotopic (exact) mass is 359 g/mol. The van der Waals surface area contributed by atoms with E-state index in [2.05, 4.69) is 26.9 Å². The van der Waals surface area contributed by atoms with Crippen LogP contribution in [0.4, 0.5) is 4.79 Å². The van der Waals surface area contributed by atoms with E-state index in [1.54, 1.807) is 12.4 Å². The summed E-state index contributed by atoms with van der Waals surface area (Å²) in [5.74, 6) is 1.16. The zero-order chi connectivity index (χ0) is 18.4. The summed E-state index contributed by atoms with van der Waals surface area (Å²) in [4.78, 5) is 23.5. The molecule has 0 unspecified atom stereocenters. The van der Waals surface area contributed by atoms with E-state index in [0.717, 1.165) is 37.8 Å². The first-order chi connectivity index (χ1) is 12.7. The van der Waals surface area contributed by atoms with Gasteiger partial charge in [-0.05, 0) is 37.9 Å². The molecule has 1 amide bonds. The Hall–Kier alpha value is -2.48. The standard InChI is InChI=1S/C18H25N5O3/c1-2-3-10-23(15-6-11-22(12-7-15)18(24)25)13-16-20-17(21-26-16)14-4-8-19-9-5-14/h4-5,8-9,15H,2-3,6-7,10-13H2,1H3,(H,24,25). The minimum Gasteiger partial charge on any atom is -0.465 e. The molecule has 1 aliphatic heterocycles. The molecule has 8 nitrogen and oxygen atoms in total. The average Bonchev–Trinajstić information content (AvgIpc) is 3.14. The summed E-state index contributed by atoms with van der Waals surface area (Å²) in [6.07, 6.45) is 6.44. The van der Waals surface area contributed by atoms with Gasteiger partial charge in [0.25, 0.3) is 0 Å². The zero-order valence-electron chi connectivity index (χ0n) is 15.0. The van der Waals surface area contributed by atoms with Crippen LogP contribution in [0.15, 0.2) is 29.0 Å². The van der Waals surface area contributed by atoms with Crippen LogP contribution in [0.3, 0.4) is 0 Å². The molecular weight excluding hydrogens is 334 g/mol. The summed E-state index contributed by atoms with van der Waals surface area (Å²) in [5, 5.41) is 13.2.